The van der Waals surface area contributed by atoms with E-state index >= 15 is 0 Å². The molecule has 0 saturated heterocycles. The lowest BCUT2D eigenvalue weighted by atomic mass is 10.2. The molecule has 1 heterocycles. The SMILES string of the molecule is Nc1cc(NC(=O)c2ccncc2)c(F)cc1F. The standard InChI is InChI=1S/C12H9F2N3O/c13-8-5-9(14)11(6-10(8)15)17-12(18)7-1-3-16-4-2-7/h1-6H,15H2,(H,17,18). The van der Waals surface area contributed by atoms with Crippen LogP contribution in [0.1, 0.15) is 10.4 Å². The van der Waals surface area contributed by atoms with Gasteiger partial charge in [0.25, 0.3) is 5.91 Å². The van der Waals surface area contributed by atoms with Crippen molar-refractivity contribution >= 4 is 17.3 Å². The van der Waals surface area contributed by atoms with Gasteiger partial charge in [-0.3, -0.25) is 9.78 Å². The summed E-state index contributed by atoms with van der Waals surface area (Å²) in [5.74, 6) is -2.28. The summed E-state index contributed by atoms with van der Waals surface area (Å²) < 4.78 is 26.3. The van der Waals surface area contributed by atoms with Gasteiger partial charge in [0.2, 0.25) is 0 Å². The summed E-state index contributed by atoms with van der Waals surface area (Å²) in [5, 5.41) is 2.31. The van der Waals surface area contributed by atoms with Gasteiger partial charge < -0.3 is 11.1 Å². The lowest BCUT2D eigenvalue weighted by molar-refractivity contribution is 0.102. The van der Waals surface area contributed by atoms with Gasteiger partial charge in [0, 0.05) is 24.0 Å². The molecule has 1 aromatic carbocycles. The first-order chi connectivity index (χ1) is 8.58. The van der Waals surface area contributed by atoms with Crippen molar-refractivity contribution in [1.82, 2.24) is 4.98 Å². The summed E-state index contributed by atoms with van der Waals surface area (Å²) in [7, 11) is 0. The Morgan fingerprint density at radius 2 is 1.83 bits per heavy atom. The molecule has 0 saturated carbocycles. The molecule has 0 radical (unpaired) electrons. The van der Waals surface area contributed by atoms with E-state index < -0.39 is 17.5 Å². The maximum atomic E-state index is 13.4. The molecule has 1 aromatic heterocycles. The predicted octanol–water partition coefficient (Wildman–Crippen LogP) is 2.19. The third-order valence-electron chi connectivity index (χ3n) is 2.28. The van der Waals surface area contributed by atoms with Crippen molar-refractivity contribution in [3.63, 3.8) is 0 Å². The number of benzene rings is 1. The number of halogens is 2. The Morgan fingerprint density at radius 3 is 2.50 bits per heavy atom. The highest BCUT2D eigenvalue weighted by atomic mass is 19.1. The Balaban J connectivity index is 2.25. The number of carbonyl (C=O) groups excluding carboxylic acids is 1. The highest BCUT2D eigenvalue weighted by molar-refractivity contribution is 6.04. The molecule has 3 N–H and O–H groups in total. The molecule has 1 amide bonds. The maximum Gasteiger partial charge on any atom is 0.255 e. The summed E-state index contributed by atoms with van der Waals surface area (Å²) >= 11 is 0. The second kappa shape index (κ2) is 4.79. The lowest BCUT2D eigenvalue weighted by Gasteiger charge is -2.07. The van der Waals surface area contributed by atoms with Gasteiger partial charge in [-0.1, -0.05) is 0 Å². The zero-order chi connectivity index (χ0) is 13.1. The zero-order valence-electron chi connectivity index (χ0n) is 9.15. The van der Waals surface area contributed by atoms with Gasteiger partial charge in [0.1, 0.15) is 11.6 Å². The number of aromatic nitrogens is 1. The number of nitrogens with two attached hydrogens (primary N) is 1. The molecule has 92 valence electrons. The Kier molecular flexibility index (Phi) is 3.18. The second-order valence-corrected chi connectivity index (χ2v) is 3.54. The van der Waals surface area contributed by atoms with Crippen LogP contribution in [0, 0.1) is 11.6 Å². The van der Waals surface area contributed by atoms with Crippen LogP contribution in [-0.2, 0) is 0 Å². The minimum Gasteiger partial charge on any atom is -0.396 e. The highest BCUT2D eigenvalue weighted by Gasteiger charge is 2.11. The van der Waals surface area contributed by atoms with Crippen LogP contribution in [-0.4, -0.2) is 10.9 Å². The van der Waals surface area contributed by atoms with Crippen molar-refractivity contribution in [3.05, 3.63) is 53.9 Å². The number of nitrogen functional groups attached to an aromatic ring is 1. The highest BCUT2D eigenvalue weighted by Crippen LogP contribution is 2.21. The monoisotopic (exact) mass is 249 g/mol. The first-order valence-electron chi connectivity index (χ1n) is 5.04. The normalized spacial score (nSPS) is 10.1. The van der Waals surface area contributed by atoms with Crippen LogP contribution < -0.4 is 11.1 Å². The third kappa shape index (κ3) is 2.42. The molecular formula is C12H9F2N3O. The van der Waals surface area contributed by atoms with Crippen molar-refractivity contribution < 1.29 is 13.6 Å². The molecule has 2 rings (SSSR count). The van der Waals surface area contributed by atoms with E-state index in [1.165, 1.54) is 24.5 Å². The van der Waals surface area contributed by atoms with Crippen LogP contribution in [0.4, 0.5) is 20.2 Å². The van der Waals surface area contributed by atoms with E-state index in [-0.39, 0.29) is 11.4 Å². The third-order valence-corrected chi connectivity index (χ3v) is 2.28. The van der Waals surface area contributed by atoms with Crippen molar-refractivity contribution in [2.75, 3.05) is 11.1 Å². The van der Waals surface area contributed by atoms with Crippen molar-refractivity contribution in [3.8, 4) is 0 Å². The van der Waals surface area contributed by atoms with E-state index in [1.807, 2.05) is 0 Å². The fourth-order valence-electron chi connectivity index (χ4n) is 1.36. The topological polar surface area (TPSA) is 68.0 Å². The Bertz CT molecular complexity index is 587. The van der Waals surface area contributed by atoms with Crippen LogP contribution in [0.2, 0.25) is 0 Å². The molecule has 6 heteroatoms. The largest absolute Gasteiger partial charge is 0.396 e. The van der Waals surface area contributed by atoms with E-state index in [2.05, 4.69) is 10.3 Å². The van der Waals surface area contributed by atoms with Crippen molar-refractivity contribution in [2.24, 2.45) is 0 Å². The number of anilines is 2. The zero-order valence-corrected chi connectivity index (χ0v) is 9.15. The summed E-state index contributed by atoms with van der Waals surface area (Å²) in [4.78, 5) is 15.5. The molecule has 0 spiro atoms. The Labute approximate surface area is 101 Å². The van der Waals surface area contributed by atoms with Gasteiger partial charge in [-0.25, -0.2) is 8.78 Å². The number of hydrogen-bond acceptors (Lipinski definition) is 3. The minimum absolute atomic E-state index is 0.171. The number of nitrogens with one attached hydrogen (secondary N) is 1. The average molecular weight is 249 g/mol. The Hall–Kier alpha value is -2.50. The number of rotatable bonds is 2. The number of carbonyl (C=O) groups is 1. The quantitative estimate of drug-likeness (QED) is 0.801. The van der Waals surface area contributed by atoms with Crippen molar-refractivity contribution in [2.45, 2.75) is 0 Å². The molecule has 2 aromatic rings. The minimum atomic E-state index is -0.885. The van der Waals surface area contributed by atoms with E-state index in [0.717, 1.165) is 6.07 Å². The van der Waals surface area contributed by atoms with Gasteiger partial charge in [0.05, 0.1) is 11.4 Å². The van der Waals surface area contributed by atoms with E-state index in [0.29, 0.717) is 11.6 Å². The first kappa shape index (κ1) is 12.0. The molecular weight excluding hydrogens is 240 g/mol. The Morgan fingerprint density at radius 1 is 1.17 bits per heavy atom. The molecule has 0 bridgehead atoms. The van der Waals surface area contributed by atoms with Gasteiger partial charge >= 0.3 is 0 Å². The maximum absolute atomic E-state index is 13.4. The van der Waals surface area contributed by atoms with Crippen LogP contribution in [0.15, 0.2) is 36.7 Å². The van der Waals surface area contributed by atoms with E-state index in [9.17, 15) is 13.6 Å². The first-order valence-corrected chi connectivity index (χ1v) is 5.04. The average Bonchev–Trinajstić information content (AvgIpc) is 2.37. The van der Waals surface area contributed by atoms with Crippen LogP contribution in [0.3, 0.4) is 0 Å². The molecule has 0 aliphatic heterocycles. The van der Waals surface area contributed by atoms with E-state index in [4.69, 9.17) is 5.73 Å². The molecule has 0 aliphatic rings. The van der Waals surface area contributed by atoms with Gasteiger partial charge in [-0.05, 0) is 18.2 Å². The van der Waals surface area contributed by atoms with Crippen LogP contribution in [0.25, 0.3) is 0 Å². The smallest absolute Gasteiger partial charge is 0.255 e. The number of hydrogen-bond donors (Lipinski definition) is 2. The molecule has 4 nitrogen and oxygen atoms in total. The molecule has 0 unspecified atom stereocenters. The van der Waals surface area contributed by atoms with E-state index in [1.54, 1.807) is 0 Å². The van der Waals surface area contributed by atoms with Gasteiger partial charge in [-0.15, -0.1) is 0 Å². The summed E-state index contributed by atoms with van der Waals surface area (Å²) in [6.07, 6.45) is 2.87. The lowest BCUT2D eigenvalue weighted by Crippen LogP contribution is -2.13. The fourth-order valence-corrected chi connectivity index (χ4v) is 1.36. The van der Waals surface area contributed by atoms with Gasteiger partial charge in [0.15, 0.2) is 0 Å². The number of nitrogens with zero attached hydrogens (tertiary/aromatic N) is 1. The predicted molar refractivity (Wildman–Crippen MR) is 63.0 cm³/mol. The molecule has 0 atom stereocenters. The number of pyridine rings is 1. The summed E-state index contributed by atoms with van der Waals surface area (Å²) in [6, 6.07) is 4.60. The fraction of sp³-hybridized carbons (Fsp3) is 0. The number of amides is 1. The summed E-state index contributed by atoms with van der Waals surface area (Å²) in [6.45, 7) is 0. The van der Waals surface area contributed by atoms with Crippen LogP contribution in [0.5, 0.6) is 0 Å². The summed E-state index contributed by atoms with van der Waals surface area (Å²) in [5.41, 5.74) is 5.21. The van der Waals surface area contributed by atoms with Crippen molar-refractivity contribution in [1.29, 1.82) is 0 Å². The molecule has 18 heavy (non-hydrogen) atoms. The molecule has 0 fully saturated rings. The molecule has 0 aliphatic carbocycles. The second-order valence-electron chi connectivity index (χ2n) is 3.54. The van der Waals surface area contributed by atoms with Crippen LogP contribution >= 0.6 is 0 Å². The van der Waals surface area contributed by atoms with Gasteiger partial charge in [-0.2, -0.15) is 0 Å².